The van der Waals surface area contributed by atoms with Gasteiger partial charge in [0.15, 0.2) is 0 Å². The van der Waals surface area contributed by atoms with E-state index in [1.54, 1.807) is 4.90 Å². The van der Waals surface area contributed by atoms with Crippen molar-refractivity contribution in [2.75, 3.05) is 25.1 Å². The van der Waals surface area contributed by atoms with Gasteiger partial charge in [-0.1, -0.05) is 6.92 Å². The van der Waals surface area contributed by atoms with Crippen LogP contribution in [0.4, 0.5) is 10.5 Å². The summed E-state index contributed by atoms with van der Waals surface area (Å²) < 4.78 is 13.3. The van der Waals surface area contributed by atoms with Gasteiger partial charge in [0.25, 0.3) is 0 Å². The molecule has 25 heavy (non-hydrogen) atoms. The van der Waals surface area contributed by atoms with E-state index in [-0.39, 0.29) is 12.1 Å². The lowest BCUT2D eigenvalue weighted by Crippen LogP contribution is -2.45. The fraction of sp³-hybridized carbons (Fsp3) is 0.556. The maximum absolute atomic E-state index is 12.9. The number of nitrogens with one attached hydrogen (secondary N) is 1. The Labute approximate surface area is 147 Å². The van der Waals surface area contributed by atoms with E-state index in [0.29, 0.717) is 19.8 Å². The number of urea groups is 1. The summed E-state index contributed by atoms with van der Waals surface area (Å²) in [4.78, 5) is 14.7. The van der Waals surface area contributed by atoms with E-state index in [1.165, 1.54) is 0 Å². The number of morpholine rings is 1. The van der Waals surface area contributed by atoms with Crippen molar-refractivity contribution in [3.8, 4) is 0 Å². The van der Waals surface area contributed by atoms with Gasteiger partial charge in [-0.15, -0.1) is 0 Å². The second-order valence-electron chi connectivity index (χ2n) is 6.23. The van der Waals surface area contributed by atoms with Crippen LogP contribution in [0.5, 0.6) is 0 Å². The molecule has 0 bridgehead atoms. The number of hydrogen-bond acceptors (Lipinski definition) is 4. The summed E-state index contributed by atoms with van der Waals surface area (Å²) in [5.74, 6) is 1.68. The molecule has 0 aromatic carbocycles. The molecule has 1 N–H and O–H groups in total. The van der Waals surface area contributed by atoms with Gasteiger partial charge in [-0.05, 0) is 32.9 Å². The van der Waals surface area contributed by atoms with E-state index in [9.17, 15) is 4.79 Å². The van der Waals surface area contributed by atoms with Crippen molar-refractivity contribution >= 4 is 11.7 Å². The fourth-order valence-corrected chi connectivity index (χ4v) is 3.21. The number of nitrogens with zero attached hydrogens (tertiary/aromatic N) is 3. The van der Waals surface area contributed by atoms with Crippen LogP contribution >= 0.6 is 0 Å². The number of aryl methyl sites for hydroxylation is 3. The van der Waals surface area contributed by atoms with Crippen molar-refractivity contribution in [1.29, 1.82) is 0 Å². The molecule has 0 spiro atoms. The van der Waals surface area contributed by atoms with Gasteiger partial charge in [0.2, 0.25) is 0 Å². The number of furan rings is 1. The molecule has 0 radical (unpaired) electrons. The first kappa shape index (κ1) is 17.5. The van der Waals surface area contributed by atoms with Gasteiger partial charge in [0, 0.05) is 19.5 Å². The molecule has 1 atom stereocenters. The molecule has 3 rings (SSSR count). The first-order chi connectivity index (χ1) is 12.0. The Hall–Kier alpha value is -2.28. The van der Waals surface area contributed by atoms with Crippen LogP contribution in [0.3, 0.4) is 0 Å². The Morgan fingerprint density at radius 3 is 2.80 bits per heavy atom. The molecule has 1 unspecified atom stereocenters. The molecule has 2 aromatic rings. The minimum atomic E-state index is -0.212. The van der Waals surface area contributed by atoms with Gasteiger partial charge in [-0.25, -0.2) is 4.79 Å². The number of aromatic nitrogens is 2. The van der Waals surface area contributed by atoms with Crippen LogP contribution in [0.1, 0.15) is 42.8 Å². The van der Waals surface area contributed by atoms with E-state index in [0.717, 1.165) is 41.6 Å². The van der Waals surface area contributed by atoms with Crippen LogP contribution in [-0.4, -0.2) is 40.5 Å². The summed E-state index contributed by atoms with van der Waals surface area (Å²) in [6, 6.07) is 3.53. The molecule has 1 fully saturated rings. The number of carbonyl (C=O) groups is 1. The average molecular weight is 346 g/mol. The highest BCUT2D eigenvalue weighted by molar-refractivity contribution is 5.91. The van der Waals surface area contributed by atoms with Crippen molar-refractivity contribution in [3.63, 3.8) is 0 Å². The van der Waals surface area contributed by atoms with Gasteiger partial charge in [-0.3, -0.25) is 4.68 Å². The van der Waals surface area contributed by atoms with E-state index < -0.39 is 0 Å². The Kier molecular flexibility index (Phi) is 5.13. The standard InChI is InChI=1S/C18H26N4O3/c1-5-14-7-8-16(25-14)15-11-24-10-9-21(15)18(23)19-17-12(3)20-22(6-2)13(17)4/h7-8,15H,5-6,9-11H2,1-4H3,(H,19,23). The zero-order chi connectivity index (χ0) is 18.0. The quantitative estimate of drug-likeness (QED) is 0.922. The monoisotopic (exact) mass is 346 g/mol. The van der Waals surface area contributed by atoms with Gasteiger partial charge in [-0.2, -0.15) is 5.10 Å². The van der Waals surface area contributed by atoms with Crippen molar-refractivity contribution < 1.29 is 13.9 Å². The molecule has 1 aliphatic heterocycles. The van der Waals surface area contributed by atoms with Gasteiger partial charge >= 0.3 is 6.03 Å². The van der Waals surface area contributed by atoms with E-state index in [2.05, 4.69) is 10.4 Å². The van der Waals surface area contributed by atoms with Crippen LogP contribution in [-0.2, 0) is 17.7 Å². The molecular formula is C18H26N4O3. The third-order valence-corrected chi connectivity index (χ3v) is 4.66. The second-order valence-corrected chi connectivity index (χ2v) is 6.23. The van der Waals surface area contributed by atoms with Gasteiger partial charge in [0.05, 0.1) is 30.3 Å². The maximum atomic E-state index is 12.9. The first-order valence-corrected chi connectivity index (χ1v) is 8.83. The number of hydrogen-bond donors (Lipinski definition) is 1. The largest absolute Gasteiger partial charge is 0.464 e. The fourth-order valence-electron chi connectivity index (χ4n) is 3.21. The Morgan fingerprint density at radius 2 is 2.16 bits per heavy atom. The molecule has 2 aromatic heterocycles. The van der Waals surface area contributed by atoms with Crippen LogP contribution in [0.25, 0.3) is 0 Å². The molecule has 0 aliphatic carbocycles. The number of rotatable bonds is 4. The lowest BCUT2D eigenvalue weighted by atomic mass is 10.2. The highest BCUT2D eigenvalue weighted by Crippen LogP contribution is 2.28. The second kappa shape index (κ2) is 7.31. The summed E-state index contributed by atoms with van der Waals surface area (Å²) >= 11 is 0. The Morgan fingerprint density at radius 1 is 1.36 bits per heavy atom. The van der Waals surface area contributed by atoms with Crippen LogP contribution in [0.15, 0.2) is 16.5 Å². The smallest absolute Gasteiger partial charge is 0.322 e. The summed E-state index contributed by atoms with van der Waals surface area (Å²) in [5.41, 5.74) is 2.57. The predicted molar refractivity (Wildman–Crippen MR) is 94.7 cm³/mol. The van der Waals surface area contributed by atoms with Crippen LogP contribution < -0.4 is 5.32 Å². The normalized spacial score (nSPS) is 17.8. The zero-order valence-electron chi connectivity index (χ0n) is 15.3. The predicted octanol–water partition coefficient (Wildman–Crippen LogP) is 3.28. The lowest BCUT2D eigenvalue weighted by molar-refractivity contribution is 0.00701. The van der Waals surface area contributed by atoms with Crippen LogP contribution in [0, 0.1) is 13.8 Å². The third kappa shape index (κ3) is 3.42. The number of anilines is 1. The SMILES string of the molecule is CCc1ccc(C2COCCN2C(=O)Nc2c(C)nn(CC)c2C)o1. The molecule has 7 nitrogen and oxygen atoms in total. The Bertz CT molecular complexity index is 750. The van der Waals surface area contributed by atoms with Gasteiger partial charge < -0.3 is 19.4 Å². The van der Waals surface area contributed by atoms with Crippen molar-refractivity contribution in [1.82, 2.24) is 14.7 Å². The first-order valence-electron chi connectivity index (χ1n) is 8.83. The van der Waals surface area contributed by atoms with Gasteiger partial charge in [0.1, 0.15) is 17.6 Å². The molecule has 136 valence electrons. The molecule has 0 saturated carbocycles. The summed E-state index contributed by atoms with van der Waals surface area (Å²) in [6.07, 6.45) is 0.828. The van der Waals surface area contributed by atoms with E-state index in [4.69, 9.17) is 9.15 Å². The molecular weight excluding hydrogens is 320 g/mol. The summed E-state index contributed by atoms with van der Waals surface area (Å²) in [6.45, 7) is 10.2. The summed E-state index contributed by atoms with van der Waals surface area (Å²) in [5, 5.41) is 7.49. The highest BCUT2D eigenvalue weighted by atomic mass is 16.5. The maximum Gasteiger partial charge on any atom is 0.322 e. The van der Waals surface area contributed by atoms with E-state index >= 15 is 0 Å². The zero-order valence-corrected chi connectivity index (χ0v) is 15.3. The topological polar surface area (TPSA) is 72.5 Å². The van der Waals surface area contributed by atoms with Crippen molar-refractivity contribution in [2.45, 2.75) is 46.7 Å². The molecule has 3 heterocycles. The van der Waals surface area contributed by atoms with E-state index in [1.807, 2.05) is 44.5 Å². The molecule has 7 heteroatoms. The molecule has 1 aliphatic rings. The molecule has 2 amide bonds. The minimum Gasteiger partial charge on any atom is -0.464 e. The third-order valence-electron chi connectivity index (χ3n) is 4.66. The van der Waals surface area contributed by atoms with Crippen molar-refractivity contribution in [2.24, 2.45) is 0 Å². The lowest BCUT2D eigenvalue weighted by Gasteiger charge is -2.34. The minimum absolute atomic E-state index is 0.149. The molecule has 1 saturated heterocycles. The average Bonchev–Trinajstić information content (AvgIpc) is 3.21. The van der Waals surface area contributed by atoms with Crippen molar-refractivity contribution in [3.05, 3.63) is 35.0 Å². The number of carbonyl (C=O) groups excluding carboxylic acids is 1. The Balaban J connectivity index is 1.80. The highest BCUT2D eigenvalue weighted by Gasteiger charge is 2.31. The van der Waals surface area contributed by atoms with Crippen LogP contribution in [0.2, 0.25) is 0 Å². The number of amides is 2. The summed E-state index contributed by atoms with van der Waals surface area (Å²) in [7, 11) is 0. The number of ether oxygens (including phenoxy) is 1.